The first-order chi connectivity index (χ1) is 21.1. The number of benzene rings is 3. The second-order valence-electron chi connectivity index (χ2n) is 10.1. The highest BCUT2D eigenvalue weighted by Crippen LogP contribution is 2.34. The third-order valence-corrected chi connectivity index (χ3v) is 7.25. The molecule has 10 nitrogen and oxygen atoms in total. The van der Waals surface area contributed by atoms with Crippen molar-refractivity contribution in [3.05, 3.63) is 100 Å². The van der Waals surface area contributed by atoms with Crippen molar-refractivity contribution in [3.63, 3.8) is 0 Å². The van der Waals surface area contributed by atoms with Crippen molar-refractivity contribution in [2.75, 3.05) is 26.9 Å². The van der Waals surface area contributed by atoms with Crippen LogP contribution in [0.2, 0.25) is 5.02 Å². The zero-order valence-corrected chi connectivity index (χ0v) is 25.0. The molecule has 1 heterocycles. The fourth-order valence-electron chi connectivity index (χ4n) is 4.46. The molecule has 1 fully saturated rings. The van der Waals surface area contributed by atoms with E-state index in [1.165, 1.54) is 0 Å². The minimum atomic E-state index is -1.43. The minimum Gasteiger partial charge on any atom is -0.481 e. The van der Waals surface area contributed by atoms with E-state index in [-0.39, 0.29) is 6.61 Å². The Balaban J connectivity index is 0.000000369. The molecule has 0 spiro atoms. The third-order valence-electron chi connectivity index (χ3n) is 6.88. The van der Waals surface area contributed by atoms with Gasteiger partial charge in [-0.15, -0.1) is 0 Å². The van der Waals surface area contributed by atoms with Gasteiger partial charge in [0.2, 0.25) is 0 Å². The first-order valence-electron chi connectivity index (χ1n) is 13.9. The van der Waals surface area contributed by atoms with E-state index in [0.717, 1.165) is 16.7 Å². The van der Waals surface area contributed by atoms with Gasteiger partial charge in [0.1, 0.15) is 55.5 Å². The molecule has 44 heavy (non-hydrogen) atoms. The van der Waals surface area contributed by atoms with Crippen LogP contribution >= 0.6 is 11.6 Å². The smallest absolute Gasteiger partial charge is 0.320 e. The summed E-state index contributed by atoms with van der Waals surface area (Å²) in [7, 11) is 1.58. The molecule has 0 aromatic heterocycles. The van der Waals surface area contributed by atoms with Gasteiger partial charge < -0.3 is 45.5 Å². The highest BCUT2D eigenvalue weighted by Gasteiger charge is 2.44. The standard InChI is InChI=1S/C24H27ClO7.C9H11NO2/c1-30-10-2-3-11-31-18-7-4-15(5-8-18)12-17-13-16(6-9-19(17)25)24-23(29)22(28)21(27)20(14-26)32-24;10-8(9(11)12)6-7-4-2-1-3-5-7/h4-9,13,20-24,26-29H,10-12,14H2,1H3;1-5,8H,6,10H2,(H,11,12)/t20-,21-,22+,23-,24+;8-/m10/s1. The van der Waals surface area contributed by atoms with Gasteiger partial charge in [-0.25, -0.2) is 0 Å². The summed E-state index contributed by atoms with van der Waals surface area (Å²) in [6, 6.07) is 21.3. The summed E-state index contributed by atoms with van der Waals surface area (Å²) in [6.07, 6.45) is -5.14. The third kappa shape index (κ3) is 10.3. The summed E-state index contributed by atoms with van der Waals surface area (Å²) in [6.45, 7) is 0.162. The van der Waals surface area contributed by atoms with Crippen LogP contribution in [0.5, 0.6) is 5.75 Å². The summed E-state index contributed by atoms with van der Waals surface area (Å²) >= 11 is 6.39. The van der Waals surface area contributed by atoms with E-state index in [1.807, 2.05) is 54.6 Å². The van der Waals surface area contributed by atoms with E-state index >= 15 is 0 Å². The molecule has 4 rings (SSSR count). The number of carboxylic acid groups (broad SMARTS) is 1. The molecule has 3 aromatic carbocycles. The van der Waals surface area contributed by atoms with E-state index in [0.29, 0.717) is 35.8 Å². The molecule has 0 bridgehead atoms. The van der Waals surface area contributed by atoms with Crippen LogP contribution in [0.1, 0.15) is 28.4 Å². The van der Waals surface area contributed by atoms with Gasteiger partial charge in [0.15, 0.2) is 0 Å². The maximum absolute atomic E-state index is 10.4. The number of methoxy groups -OCH3 is 1. The SMILES string of the molecule is COCC#CCOc1ccc(Cc2cc([C@@H]3O[C@H](CO)[C@@H](O)[C@H](O)[C@H]3O)ccc2Cl)cc1.N[C@@H](Cc1ccccc1)C(=O)O. The Morgan fingerprint density at radius 1 is 0.955 bits per heavy atom. The average molecular weight is 628 g/mol. The molecular formula is C33H38ClNO9. The summed E-state index contributed by atoms with van der Waals surface area (Å²) in [5.74, 6) is 5.41. The molecule has 7 N–H and O–H groups in total. The predicted octanol–water partition coefficient (Wildman–Crippen LogP) is 2.12. The lowest BCUT2D eigenvalue weighted by atomic mass is 9.90. The number of aliphatic hydroxyl groups is 4. The summed E-state index contributed by atoms with van der Waals surface area (Å²) < 4.78 is 16.1. The van der Waals surface area contributed by atoms with Crippen LogP contribution in [0.3, 0.4) is 0 Å². The molecule has 11 heteroatoms. The van der Waals surface area contributed by atoms with Gasteiger partial charge in [0.05, 0.1) is 6.61 Å². The molecule has 236 valence electrons. The zero-order chi connectivity index (χ0) is 32.1. The monoisotopic (exact) mass is 627 g/mol. The molecule has 0 unspecified atom stereocenters. The Morgan fingerprint density at radius 3 is 2.27 bits per heavy atom. The highest BCUT2D eigenvalue weighted by molar-refractivity contribution is 6.31. The maximum atomic E-state index is 10.4. The number of hydrogen-bond acceptors (Lipinski definition) is 9. The number of ether oxygens (including phenoxy) is 3. The van der Waals surface area contributed by atoms with Gasteiger partial charge in [-0.2, -0.15) is 0 Å². The Bertz CT molecular complexity index is 1380. The Kier molecular flexibility index (Phi) is 14.1. The number of hydrogen-bond donors (Lipinski definition) is 6. The summed E-state index contributed by atoms with van der Waals surface area (Å²) in [5.41, 5.74) is 8.70. The quantitative estimate of drug-likeness (QED) is 0.183. The molecule has 6 atom stereocenters. The number of rotatable bonds is 10. The number of halogens is 1. The van der Waals surface area contributed by atoms with Crippen LogP contribution in [0.4, 0.5) is 0 Å². The van der Waals surface area contributed by atoms with E-state index in [1.54, 1.807) is 25.3 Å². The minimum absolute atomic E-state index is 0.273. The Morgan fingerprint density at radius 2 is 1.64 bits per heavy atom. The lowest BCUT2D eigenvalue weighted by molar-refractivity contribution is -0.231. The second kappa shape index (κ2) is 17.7. The molecule has 1 aliphatic heterocycles. The van der Waals surface area contributed by atoms with Gasteiger partial charge in [-0.3, -0.25) is 4.79 Å². The number of nitrogens with two attached hydrogens (primary N) is 1. The first kappa shape index (κ1) is 35.0. The molecule has 1 aliphatic rings. The van der Waals surface area contributed by atoms with Crippen molar-refractivity contribution < 1.29 is 44.5 Å². The van der Waals surface area contributed by atoms with Crippen LogP contribution in [0, 0.1) is 11.8 Å². The van der Waals surface area contributed by atoms with Crippen molar-refractivity contribution in [1.29, 1.82) is 0 Å². The summed E-state index contributed by atoms with van der Waals surface area (Å²) in [4.78, 5) is 10.4. The molecule has 0 saturated carbocycles. The van der Waals surface area contributed by atoms with E-state index in [2.05, 4.69) is 11.8 Å². The molecule has 0 radical (unpaired) electrons. The highest BCUT2D eigenvalue weighted by atomic mass is 35.5. The summed E-state index contributed by atoms with van der Waals surface area (Å²) in [5, 5.41) is 48.9. The van der Waals surface area contributed by atoms with Crippen LogP contribution in [0.15, 0.2) is 72.8 Å². The topological polar surface area (TPSA) is 172 Å². The molecular weight excluding hydrogens is 590 g/mol. The lowest BCUT2D eigenvalue weighted by Crippen LogP contribution is -2.55. The first-order valence-corrected chi connectivity index (χ1v) is 14.3. The fourth-order valence-corrected chi connectivity index (χ4v) is 4.64. The van der Waals surface area contributed by atoms with Gasteiger partial charge in [0.25, 0.3) is 0 Å². The number of aliphatic carboxylic acids is 1. The number of aliphatic hydroxyl groups excluding tert-OH is 4. The number of carbonyl (C=O) groups is 1. The van der Waals surface area contributed by atoms with Crippen molar-refractivity contribution in [2.45, 2.75) is 49.4 Å². The van der Waals surface area contributed by atoms with Gasteiger partial charge in [-0.05, 0) is 53.3 Å². The van der Waals surface area contributed by atoms with Crippen molar-refractivity contribution in [1.82, 2.24) is 0 Å². The van der Waals surface area contributed by atoms with Gasteiger partial charge in [0, 0.05) is 12.1 Å². The van der Waals surface area contributed by atoms with Crippen LogP contribution < -0.4 is 10.5 Å². The van der Waals surface area contributed by atoms with E-state index in [9.17, 15) is 25.2 Å². The Hall–Kier alpha value is -3.50. The van der Waals surface area contributed by atoms with Crippen molar-refractivity contribution in [3.8, 4) is 17.6 Å². The fraction of sp³-hybridized carbons (Fsp3) is 0.364. The molecule has 0 aliphatic carbocycles. The largest absolute Gasteiger partial charge is 0.481 e. The second-order valence-corrected chi connectivity index (χ2v) is 10.5. The van der Waals surface area contributed by atoms with Gasteiger partial charge >= 0.3 is 5.97 Å². The van der Waals surface area contributed by atoms with Gasteiger partial charge in [-0.1, -0.05) is 78.0 Å². The molecule has 1 saturated heterocycles. The predicted molar refractivity (Wildman–Crippen MR) is 164 cm³/mol. The molecule has 0 amide bonds. The normalized spacial score (nSPS) is 21.7. The Labute approximate surface area is 261 Å². The molecule has 3 aromatic rings. The van der Waals surface area contributed by atoms with Crippen molar-refractivity contribution >= 4 is 17.6 Å². The van der Waals surface area contributed by atoms with E-state index in [4.69, 9.17) is 36.7 Å². The lowest BCUT2D eigenvalue weighted by Gasteiger charge is -2.40. The van der Waals surface area contributed by atoms with Crippen LogP contribution in [0.25, 0.3) is 0 Å². The van der Waals surface area contributed by atoms with E-state index < -0.39 is 49.1 Å². The van der Waals surface area contributed by atoms with Crippen LogP contribution in [-0.4, -0.2) is 88.9 Å². The van der Waals surface area contributed by atoms with Crippen LogP contribution in [-0.2, 0) is 27.1 Å². The van der Waals surface area contributed by atoms with Crippen molar-refractivity contribution in [2.24, 2.45) is 5.73 Å². The number of carboxylic acids is 1. The zero-order valence-electron chi connectivity index (χ0n) is 24.3. The maximum Gasteiger partial charge on any atom is 0.320 e. The average Bonchev–Trinajstić information content (AvgIpc) is 3.03.